The summed E-state index contributed by atoms with van der Waals surface area (Å²) in [6.45, 7) is 8.18. The normalized spacial score (nSPS) is 11.8. The van der Waals surface area contributed by atoms with Crippen molar-refractivity contribution in [3.63, 3.8) is 0 Å². The van der Waals surface area contributed by atoms with Gasteiger partial charge in [-0.15, -0.1) is 0 Å². The van der Waals surface area contributed by atoms with E-state index in [1.807, 2.05) is 19.9 Å². The lowest BCUT2D eigenvalue weighted by Gasteiger charge is -2.21. The number of nitrogens with two attached hydrogens (primary N) is 1. The van der Waals surface area contributed by atoms with Crippen LogP contribution in [0.5, 0.6) is 0 Å². The Morgan fingerprint density at radius 3 is 2.28 bits per heavy atom. The SMILES string of the molecule is CCN(CC)S(=O)(=O)Nc1ccc(C)c(N)c1C. The van der Waals surface area contributed by atoms with Crippen LogP contribution >= 0.6 is 0 Å². The molecule has 0 radical (unpaired) electrons. The van der Waals surface area contributed by atoms with Gasteiger partial charge >= 0.3 is 10.2 Å². The summed E-state index contributed by atoms with van der Waals surface area (Å²) >= 11 is 0. The zero-order valence-corrected chi connectivity index (χ0v) is 12.1. The number of rotatable bonds is 5. The molecule has 0 heterocycles. The molecule has 0 aliphatic heterocycles. The van der Waals surface area contributed by atoms with E-state index >= 15 is 0 Å². The Balaban J connectivity index is 3.09. The average molecular weight is 271 g/mol. The molecule has 0 aliphatic rings. The molecule has 0 saturated heterocycles. The zero-order valence-electron chi connectivity index (χ0n) is 11.3. The van der Waals surface area contributed by atoms with Crippen molar-refractivity contribution in [2.45, 2.75) is 27.7 Å². The van der Waals surface area contributed by atoms with Gasteiger partial charge in [-0.2, -0.15) is 12.7 Å². The Hall–Kier alpha value is -1.27. The number of anilines is 2. The number of benzene rings is 1. The van der Waals surface area contributed by atoms with Crippen LogP contribution in [0, 0.1) is 13.8 Å². The number of nitrogens with zero attached hydrogens (tertiary/aromatic N) is 1. The fourth-order valence-corrected chi connectivity index (χ4v) is 3.05. The van der Waals surface area contributed by atoms with Gasteiger partial charge in [0.2, 0.25) is 0 Å². The smallest absolute Gasteiger partial charge is 0.301 e. The lowest BCUT2D eigenvalue weighted by molar-refractivity contribution is 0.449. The fraction of sp³-hybridized carbons (Fsp3) is 0.500. The van der Waals surface area contributed by atoms with Crippen molar-refractivity contribution in [1.82, 2.24) is 4.31 Å². The van der Waals surface area contributed by atoms with E-state index in [0.717, 1.165) is 11.1 Å². The van der Waals surface area contributed by atoms with E-state index < -0.39 is 10.2 Å². The Morgan fingerprint density at radius 1 is 1.22 bits per heavy atom. The zero-order chi connectivity index (χ0) is 13.9. The Morgan fingerprint density at radius 2 is 1.78 bits per heavy atom. The third-order valence-electron chi connectivity index (χ3n) is 3.02. The number of hydrogen-bond acceptors (Lipinski definition) is 3. The maximum atomic E-state index is 12.1. The molecule has 5 nitrogen and oxygen atoms in total. The molecule has 1 aromatic rings. The fourth-order valence-electron chi connectivity index (χ4n) is 1.74. The summed E-state index contributed by atoms with van der Waals surface area (Å²) in [6, 6.07) is 3.55. The largest absolute Gasteiger partial charge is 0.398 e. The van der Waals surface area contributed by atoms with E-state index in [0.29, 0.717) is 24.5 Å². The van der Waals surface area contributed by atoms with Gasteiger partial charge in [-0.1, -0.05) is 19.9 Å². The molecule has 3 N–H and O–H groups in total. The van der Waals surface area contributed by atoms with Crippen molar-refractivity contribution in [2.75, 3.05) is 23.5 Å². The molecule has 1 rings (SSSR count). The monoisotopic (exact) mass is 271 g/mol. The Labute approximate surface area is 109 Å². The van der Waals surface area contributed by atoms with Crippen LogP contribution in [-0.2, 0) is 10.2 Å². The molecule has 102 valence electrons. The van der Waals surface area contributed by atoms with E-state index in [1.165, 1.54) is 4.31 Å². The summed E-state index contributed by atoms with van der Waals surface area (Å²) in [5, 5.41) is 0. The summed E-state index contributed by atoms with van der Waals surface area (Å²) in [5.41, 5.74) is 8.74. The highest BCUT2D eigenvalue weighted by molar-refractivity contribution is 7.90. The first-order chi connectivity index (χ1) is 8.33. The predicted octanol–water partition coefficient (Wildman–Crippen LogP) is 1.88. The van der Waals surface area contributed by atoms with Gasteiger partial charge in [0.15, 0.2) is 0 Å². The molecule has 0 spiro atoms. The maximum Gasteiger partial charge on any atom is 0.301 e. The second kappa shape index (κ2) is 5.58. The van der Waals surface area contributed by atoms with Crippen molar-refractivity contribution >= 4 is 21.6 Å². The molecule has 0 aliphatic carbocycles. The van der Waals surface area contributed by atoms with Gasteiger partial charge in [-0.25, -0.2) is 0 Å². The van der Waals surface area contributed by atoms with E-state index in [1.54, 1.807) is 19.9 Å². The first-order valence-electron chi connectivity index (χ1n) is 5.97. The van der Waals surface area contributed by atoms with Gasteiger partial charge < -0.3 is 5.73 Å². The molecule has 0 bridgehead atoms. The molecule has 0 saturated carbocycles. The summed E-state index contributed by atoms with van der Waals surface area (Å²) in [6.07, 6.45) is 0. The quantitative estimate of drug-likeness (QED) is 0.803. The first kappa shape index (κ1) is 14.8. The number of nitrogens with one attached hydrogen (secondary N) is 1. The van der Waals surface area contributed by atoms with Crippen LogP contribution < -0.4 is 10.5 Å². The van der Waals surface area contributed by atoms with Crippen molar-refractivity contribution in [2.24, 2.45) is 0 Å². The number of aryl methyl sites for hydroxylation is 1. The summed E-state index contributed by atoms with van der Waals surface area (Å²) < 4.78 is 28.1. The molecule has 6 heteroatoms. The second-order valence-corrected chi connectivity index (χ2v) is 5.83. The lowest BCUT2D eigenvalue weighted by Crippen LogP contribution is -2.35. The standard InChI is InChI=1S/C12H21N3O2S/c1-5-15(6-2)18(16,17)14-11-8-7-9(3)12(13)10(11)4/h7-8,14H,5-6,13H2,1-4H3. The van der Waals surface area contributed by atoms with E-state index in [4.69, 9.17) is 5.73 Å². The lowest BCUT2D eigenvalue weighted by atomic mass is 10.1. The minimum absolute atomic E-state index is 0.437. The molecule has 0 aromatic heterocycles. The van der Waals surface area contributed by atoms with Crippen molar-refractivity contribution in [3.8, 4) is 0 Å². The van der Waals surface area contributed by atoms with Crippen LogP contribution in [0.2, 0.25) is 0 Å². The van der Waals surface area contributed by atoms with Crippen molar-refractivity contribution in [3.05, 3.63) is 23.3 Å². The van der Waals surface area contributed by atoms with E-state index in [9.17, 15) is 8.42 Å². The van der Waals surface area contributed by atoms with Crippen LogP contribution in [0.25, 0.3) is 0 Å². The maximum absolute atomic E-state index is 12.1. The van der Waals surface area contributed by atoms with Gasteiger partial charge in [0.1, 0.15) is 0 Å². The third kappa shape index (κ3) is 2.94. The van der Waals surface area contributed by atoms with Gasteiger partial charge in [0.25, 0.3) is 0 Å². The number of hydrogen-bond donors (Lipinski definition) is 2. The van der Waals surface area contributed by atoms with Crippen molar-refractivity contribution < 1.29 is 8.42 Å². The minimum Gasteiger partial charge on any atom is -0.398 e. The van der Waals surface area contributed by atoms with Crippen LogP contribution in [0.15, 0.2) is 12.1 Å². The molecule has 0 fully saturated rings. The summed E-state index contributed by atoms with van der Waals surface area (Å²) in [7, 11) is -3.50. The van der Waals surface area contributed by atoms with Gasteiger partial charge in [-0.3, -0.25) is 4.72 Å². The second-order valence-electron chi connectivity index (χ2n) is 4.16. The topological polar surface area (TPSA) is 75.4 Å². The highest BCUT2D eigenvalue weighted by Gasteiger charge is 2.19. The van der Waals surface area contributed by atoms with Gasteiger partial charge in [0, 0.05) is 18.8 Å². The molecule has 0 amide bonds. The van der Waals surface area contributed by atoms with Gasteiger partial charge in [0.05, 0.1) is 5.69 Å². The van der Waals surface area contributed by atoms with Crippen LogP contribution in [0.1, 0.15) is 25.0 Å². The number of nitrogen functional groups attached to an aromatic ring is 1. The first-order valence-corrected chi connectivity index (χ1v) is 7.41. The molecular weight excluding hydrogens is 250 g/mol. The highest BCUT2D eigenvalue weighted by atomic mass is 32.2. The molecule has 0 unspecified atom stereocenters. The van der Waals surface area contributed by atoms with Crippen LogP contribution in [-0.4, -0.2) is 25.8 Å². The van der Waals surface area contributed by atoms with Crippen molar-refractivity contribution in [1.29, 1.82) is 0 Å². The van der Waals surface area contributed by atoms with Gasteiger partial charge in [-0.05, 0) is 31.0 Å². The van der Waals surface area contributed by atoms with Crippen LogP contribution in [0.4, 0.5) is 11.4 Å². The molecular formula is C12H21N3O2S. The van der Waals surface area contributed by atoms with E-state index in [2.05, 4.69) is 4.72 Å². The summed E-state index contributed by atoms with van der Waals surface area (Å²) in [5.74, 6) is 0. The third-order valence-corrected chi connectivity index (χ3v) is 4.69. The molecule has 18 heavy (non-hydrogen) atoms. The molecule has 0 atom stereocenters. The van der Waals surface area contributed by atoms with Crippen LogP contribution in [0.3, 0.4) is 0 Å². The van der Waals surface area contributed by atoms with E-state index in [-0.39, 0.29) is 0 Å². The predicted molar refractivity (Wildman–Crippen MR) is 75.8 cm³/mol. The highest BCUT2D eigenvalue weighted by Crippen LogP contribution is 2.25. The summed E-state index contributed by atoms with van der Waals surface area (Å²) in [4.78, 5) is 0. The minimum atomic E-state index is -3.50. The Bertz CT molecular complexity index is 522. The molecule has 1 aromatic carbocycles. The average Bonchev–Trinajstić information content (AvgIpc) is 2.31. The Kier molecular flexibility index (Phi) is 4.59.